The van der Waals surface area contributed by atoms with Gasteiger partial charge in [0.2, 0.25) is 0 Å². The smallest absolute Gasteiger partial charge is 0.345 e. The Morgan fingerprint density at radius 3 is 1.56 bits per heavy atom. The lowest BCUT2D eigenvalue weighted by atomic mass is 10.0. The van der Waals surface area contributed by atoms with E-state index in [2.05, 4.69) is 6.92 Å². The van der Waals surface area contributed by atoms with Crippen molar-refractivity contribution in [1.82, 2.24) is 0 Å². The lowest BCUT2D eigenvalue weighted by molar-refractivity contribution is -0.160. The maximum Gasteiger partial charge on any atom is 0.345 e. The molecule has 0 amide bonds. The average molecular weight is 355 g/mol. The van der Waals surface area contributed by atoms with E-state index in [1.807, 2.05) is 0 Å². The zero-order valence-corrected chi connectivity index (χ0v) is 16.2. The normalized spacial score (nSPS) is 16.0. The van der Waals surface area contributed by atoms with Gasteiger partial charge in [0, 0.05) is 6.42 Å². The number of rotatable bonds is 17. The molecule has 1 aliphatic rings. The summed E-state index contributed by atoms with van der Waals surface area (Å²) in [5.41, 5.74) is 0. The molecule has 25 heavy (non-hydrogen) atoms. The molecule has 1 aliphatic heterocycles. The molecule has 1 unspecified atom stereocenters. The fourth-order valence-electron chi connectivity index (χ4n) is 3.05. The molecule has 1 rings (SSSR count). The summed E-state index contributed by atoms with van der Waals surface area (Å²) >= 11 is 0. The second-order valence-electron chi connectivity index (χ2n) is 7.31. The number of carbonyl (C=O) groups is 2. The van der Waals surface area contributed by atoms with E-state index in [9.17, 15) is 9.59 Å². The Morgan fingerprint density at radius 1 is 0.760 bits per heavy atom. The van der Waals surface area contributed by atoms with Crippen molar-refractivity contribution in [3.8, 4) is 0 Å². The molecule has 0 bridgehead atoms. The minimum absolute atomic E-state index is 0.344. The van der Waals surface area contributed by atoms with Gasteiger partial charge in [0.15, 0.2) is 6.10 Å². The molecule has 1 saturated heterocycles. The van der Waals surface area contributed by atoms with E-state index in [4.69, 9.17) is 9.47 Å². The van der Waals surface area contributed by atoms with E-state index in [0.717, 1.165) is 12.8 Å². The fraction of sp³-hybridized carbons (Fsp3) is 0.905. The van der Waals surface area contributed by atoms with Crippen LogP contribution in [0.5, 0.6) is 0 Å². The van der Waals surface area contributed by atoms with Crippen molar-refractivity contribution >= 4 is 11.9 Å². The van der Waals surface area contributed by atoms with Gasteiger partial charge >= 0.3 is 11.9 Å². The molecule has 0 radical (unpaired) electrons. The van der Waals surface area contributed by atoms with Gasteiger partial charge in [-0.2, -0.15) is 0 Å². The fourth-order valence-corrected chi connectivity index (χ4v) is 3.05. The van der Waals surface area contributed by atoms with Crippen molar-refractivity contribution < 1.29 is 19.1 Å². The van der Waals surface area contributed by atoms with Crippen LogP contribution >= 0.6 is 0 Å². The van der Waals surface area contributed by atoms with Crippen LogP contribution in [0.3, 0.4) is 0 Å². The van der Waals surface area contributed by atoms with Gasteiger partial charge in [-0.15, -0.1) is 0 Å². The maximum absolute atomic E-state index is 11.4. The van der Waals surface area contributed by atoms with Crippen molar-refractivity contribution in [2.24, 2.45) is 0 Å². The monoisotopic (exact) mass is 354 g/mol. The van der Waals surface area contributed by atoms with Crippen molar-refractivity contribution in [2.45, 2.75) is 116 Å². The molecule has 0 spiro atoms. The first-order chi connectivity index (χ1) is 12.2. The molecular formula is C21H38O4. The van der Waals surface area contributed by atoms with Gasteiger partial charge in [0.05, 0.1) is 6.61 Å². The van der Waals surface area contributed by atoms with E-state index in [1.165, 1.54) is 83.5 Å². The molecular weight excluding hydrogens is 316 g/mol. The second-order valence-corrected chi connectivity index (χ2v) is 7.31. The van der Waals surface area contributed by atoms with Crippen LogP contribution < -0.4 is 0 Å². The molecule has 0 saturated carbocycles. The lowest BCUT2D eigenvalue weighted by Crippen LogP contribution is -2.16. The first-order valence-electron chi connectivity index (χ1n) is 10.6. The molecule has 0 aliphatic carbocycles. The molecule has 4 nitrogen and oxygen atoms in total. The van der Waals surface area contributed by atoms with Crippen molar-refractivity contribution in [2.75, 3.05) is 6.61 Å². The van der Waals surface area contributed by atoms with Gasteiger partial charge in [0.25, 0.3) is 0 Å². The molecule has 0 aromatic carbocycles. The summed E-state index contributed by atoms with van der Waals surface area (Å²) in [6, 6.07) is 0. The van der Waals surface area contributed by atoms with Gasteiger partial charge in [-0.05, 0) is 6.42 Å². The topological polar surface area (TPSA) is 55.9 Å². The number of epoxide rings is 1. The lowest BCUT2D eigenvalue weighted by Gasteiger charge is -2.03. The third-order valence-electron chi connectivity index (χ3n) is 4.80. The predicted octanol–water partition coefficient (Wildman–Crippen LogP) is 5.72. The van der Waals surface area contributed by atoms with E-state index >= 15 is 0 Å². The molecule has 0 aromatic rings. The molecule has 1 fully saturated rings. The van der Waals surface area contributed by atoms with Crippen LogP contribution in [0.4, 0.5) is 0 Å². The largest absolute Gasteiger partial charge is 0.391 e. The highest BCUT2D eigenvalue weighted by Crippen LogP contribution is 2.14. The molecule has 0 aromatic heterocycles. The van der Waals surface area contributed by atoms with Crippen LogP contribution in [0.25, 0.3) is 0 Å². The van der Waals surface area contributed by atoms with E-state index in [1.54, 1.807) is 0 Å². The number of hydrogen-bond acceptors (Lipinski definition) is 4. The van der Waals surface area contributed by atoms with Crippen LogP contribution in [0, 0.1) is 0 Å². The van der Waals surface area contributed by atoms with Gasteiger partial charge in [-0.3, -0.25) is 4.79 Å². The standard InChI is InChI=1S/C21H38O4/c1-2-3-4-5-6-7-8-9-10-11-12-13-14-15-16-17-20(22)25-21(23)19-18-24-19/h19H,2-18H2,1H3. The predicted molar refractivity (Wildman–Crippen MR) is 100 cm³/mol. The highest BCUT2D eigenvalue weighted by molar-refractivity contribution is 5.88. The summed E-state index contributed by atoms with van der Waals surface area (Å²) < 4.78 is 9.47. The molecule has 4 heteroatoms. The maximum atomic E-state index is 11.4. The van der Waals surface area contributed by atoms with Gasteiger partial charge in [-0.1, -0.05) is 96.8 Å². The van der Waals surface area contributed by atoms with Crippen LogP contribution in [-0.2, 0) is 19.1 Å². The minimum Gasteiger partial charge on any atom is -0.391 e. The van der Waals surface area contributed by atoms with Crippen molar-refractivity contribution in [1.29, 1.82) is 0 Å². The number of hydrogen-bond donors (Lipinski definition) is 0. The summed E-state index contributed by atoms with van der Waals surface area (Å²) in [6.07, 6.45) is 19.3. The summed E-state index contributed by atoms with van der Waals surface area (Å²) in [6.45, 7) is 2.66. The third kappa shape index (κ3) is 14.0. The van der Waals surface area contributed by atoms with Gasteiger partial charge in [0.1, 0.15) is 0 Å². The highest BCUT2D eigenvalue weighted by atomic mass is 16.6. The Hall–Kier alpha value is -0.900. The van der Waals surface area contributed by atoms with Gasteiger partial charge in [-0.25, -0.2) is 4.79 Å². The van der Waals surface area contributed by atoms with E-state index in [-0.39, 0.29) is 0 Å². The van der Waals surface area contributed by atoms with E-state index < -0.39 is 18.0 Å². The zero-order valence-electron chi connectivity index (χ0n) is 16.2. The third-order valence-corrected chi connectivity index (χ3v) is 4.80. The van der Waals surface area contributed by atoms with Crippen molar-refractivity contribution in [3.05, 3.63) is 0 Å². The Kier molecular flexibility index (Phi) is 13.6. The second kappa shape index (κ2) is 15.4. The molecule has 1 atom stereocenters. The van der Waals surface area contributed by atoms with Crippen molar-refractivity contribution in [3.63, 3.8) is 0 Å². The molecule has 146 valence electrons. The highest BCUT2D eigenvalue weighted by Gasteiger charge is 2.34. The average Bonchev–Trinajstić information content (AvgIpc) is 3.43. The number of unbranched alkanes of at least 4 members (excludes halogenated alkanes) is 14. The van der Waals surface area contributed by atoms with Gasteiger partial charge < -0.3 is 9.47 Å². The first-order valence-corrected chi connectivity index (χ1v) is 10.6. The van der Waals surface area contributed by atoms with Crippen LogP contribution in [0.1, 0.15) is 110 Å². The summed E-state index contributed by atoms with van der Waals surface area (Å²) in [5, 5.41) is 0. The summed E-state index contributed by atoms with van der Waals surface area (Å²) in [5.74, 6) is -0.929. The minimum atomic E-state index is -0.522. The Bertz CT molecular complexity index is 350. The Balaban J connectivity index is 1.71. The van der Waals surface area contributed by atoms with Crippen LogP contribution in [0.15, 0.2) is 0 Å². The quantitative estimate of drug-likeness (QED) is 0.145. The van der Waals surface area contributed by atoms with Crippen LogP contribution in [0.2, 0.25) is 0 Å². The Labute approximate surface area is 154 Å². The number of carbonyl (C=O) groups excluding carboxylic acids is 2. The zero-order chi connectivity index (χ0) is 18.2. The number of esters is 2. The summed E-state index contributed by atoms with van der Waals surface area (Å²) in [4.78, 5) is 22.6. The molecule has 1 heterocycles. The van der Waals surface area contributed by atoms with E-state index in [0.29, 0.717) is 13.0 Å². The molecule has 0 N–H and O–H groups in total. The Morgan fingerprint density at radius 2 is 1.16 bits per heavy atom. The SMILES string of the molecule is CCCCCCCCCCCCCCCCCC(=O)OC(=O)C1CO1. The van der Waals surface area contributed by atoms with Crippen LogP contribution in [-0.4, -0.2) is 24.6 Å². The number of ether oxygens (including phenoxy) is 2. The first kappa shape index (κ1) is 22.1. The summed E-state index contributed by atoms with van der Waals surface area (Å²) in [7, 11) is 0.